The van der Waals surface area contributed by atoms with Gasteiger partial charge in [0.2, 0.25) is 0 Å². The Hall–Kier alpha value is -0.123. The first-order valence-electron chi connectivity index (χ1n) is 3.09. The summed E-state index contributed by atoms with van der Waals surface area (Å²) in [4.78, 5) is 0. The Kier molecular flexibility index (Phi) is 6.58. The summed E-state index contributed by atoms with van der Waals surface area (Å²) < 4.78 is 62.4. The SMILES string of the molecule is CO[SiH](C)C.O=S(=O)(O)C(F)(F)F. The molecule has 0 atom stereocenters. The minimum absolute atomic E-state index is 0.650. The summed E-state index contributed by atoms with van der Waals surface area (Å²) in [6.45, 7) is 4.28. The van der Waals surface area contributed by atoms with Gasteiger partial charge in [-0.2, -0.15) is 21.6 Å². The van der Waals surface area contributed by atoms with Crippen molar-refractivity contribution in [1.29, 1.82) is 0 Å². The van der Waals surface area contributed by atoms with E-state index in [0.29, 0.717) is 0 Å². The molecule has 0 aliphatic carbocycles. The first kappa shape index (κ1) is 15.4. The van der Waals surface area contributed by atoms with Crippen LogP contribution in [-0.2, 0) is 14.5 Å². The second kappa shape index (κ2) is 5.57. The van der Waals surface area contributed by atoms with Gasteiger partial charge < -0.3 is 4.43 Å². The molecule has 0 rings (SSSR count). The molecular formula is C4H11F3O4SSi. The van der Waals surface area contributed by atoms with Crippen LogP contribution in [0.3, 0.4) is 0 Å². The minimum atomic E-state index is -5.84. The van der Waals surface area contributed by atoms with Gasteiger partial charge in [0.1, 0.15) is 0 Å². The summed E-state index contributed by atoms with van der Waals surface area (Å²) in [6.07, 6.45) is 0. The third-order valence-corrected chi connectivity index (χ3v) is 2.29. The molecule has 0 saturated carbocycles. The molecule has 0 aliphatic heterocycles. The molecule has 9 heteroatoms. The number of halogens is 3. The topological polar surface area (TPSA) is 63.6 Å². The van der Waals surface area contributed by atoms with Crippen molar-refractivity contribution in [1.82, 2.24) is 0 Å². The predicted molar refractivity (Wildman–Crippen MR) is 43.5 cm³/mol. The Labute approximate surface area is 76.2 Å². The van der Waals surface area contributed by atoms with E-state index in [-0.39, 0.29) is 0 Å². The summed E-state index contributed by atoms with van der Waals surface area (Å²) in [7, 11) is -4.73. The molecule has 82 valence electrons. The van der Waals surface area contributed by atoms with Crippen molar-refractivity contribution in [2.24, 2.45) is 0 Å². The zero-order chi connectivity index (χ0) is 11.3. The van der Waals surface area contributed by atoms with Crippen molar-refractivity contribution >= 4 is 19.2 Å². The maximum absolute atomic E-state index is 10.7. The number of alkyl halides is 3. The molecule has 0 aromatic rings. The van der Waals surface area contributed by atoms with Gasteiger partial charge in [0.05, 0.1) is 0 Å². The van der Waals surface area contributed by atoms with E-state index >= 15 is 0 Å². The van der Waals surface area contributed by atoms with E-state index in [1.165, 1.54) is 0 Å². The van der Waals surface area contributed by atoms with E-state index in [1.807, 2.05) is 0 Å². The first-order valence-corrected chi connectivity index (χ1v) is 7.31. The van der Waals surface area contributed by atoms with E-state index in [1.54, 1.807) is 7.11 Å². The Bertz CT molecular complexity index is 222. The van der Waals surface area contributed by atoms with E-state index in [9.17, 15) is 13.2 Å². The average molecular weight is 240 g/mol. The smallest absolute Gasteiger partial charge is 0.424 e. The zero-order valence-electron chi connectivity index (χ0n) is 7.29. The van der Waals surface area contributed by atoms with Crippen molar-refractivity contribution in [2.75, 3.05) is 7.11 Å². The molecule has 4 nitrogen and oxygen atoms in total. The quantitative estimate of drug-likeness (QED) is 0.422. The minimum Gasteiger partial charge on any atom is -0.424 e. The average Bonchev–Trinajstić information content (AvgIpc) is 1.84. The van der Waals surface area contributed by atoms with Gasteiger partial charge >= 0.3 is 15.6 Å². The first-order chi connectivity index (χ1) is 5.52. The Morgan fingerprint density at radius 1 is 1.31 bits per heavy atom. The monoisotopic (exact) mass is 240 g/mol. The van der Waals surface area contributed by atoms with Crippen LogP contribution in [-0.4, -0.2) is 34.6 Å². The van der Waals surface area contributed by atoms with Crippen LogP contribution in [0.4, 0.5) is 13.2 Å². The largest absolute Gasteiger partial charge is 0.522 e. The summed E-state index contributed by atoms with van der Waals surface area (Å²) in [5.74, 6) is 0. The van der Waals surface area contributed by atoms with Crippen molar-refractivity contribution in [3.05, 3.63) is 0 Å². The summed E-state index contributed by atoms with van der Waals surface area (Å²) >= 11 is 0. The number of rotatable bonds is 1. The number of hydrogen-bond donors (Lipinski definition) is 1. The van der Waals surface area contributed by atoms with E-state index < -0.39 is 24.7 Å². The fraction of sp³-hybridized carbons (Fsp3) is 1.00. The summed E-state index contributed by atoms with van der Waals surface area (Å²) in [5, 5.41) is 0. The van der Waals surface area contributed by atoms with Crippen LogP contribution in [0.2, 0.25) is 13.1 Å². The van der Waals surface area contributed by atoms with Gasteiger partial charge in [0, 0.05) is 7.11 Å². The molecule has 0 aromatic carbocycles. The van der Waals surface area contributed by atoms with Crippen molar-refractivity contribution in [3.63, 3.8) is 0 Å². The Morgan fingerprint density at radius 2 is 1.46 bits per heavy atom. The maximum Gasteiger partial charge on any atom is 0.522 e. The van der Waals surface area contributed by atoms with Crippen LogP contribution in [0.25, 0.3) is 0 Å². The lowest BCUT2D eigenvalue weighted by Gasteiger charge is -1.97. The molecule has 13 heavy (non-hydrogen) atoms. The molecule has 0 bridgehead atoms. The standard InChI is InChI=1S/C3H10OSi.CHF3O3S/c1-4-5(2)3;2-1(3,4)8(5,6)7/h5H,1-3H3;(H,5,6,7). The zero-order valence-corrected chi connectivity index (χ0v) is 9.26. The fourth-order valence-electron chi connectivity index (χ4n) is 0. The molecule has 1 N–H and O–H groups in total. The maximum atomic E-state index is 10.7. The van der Waals surface area contributed by atoms with Crippen LogP contribution in [0.1, 0.15) is 0 Å². The third kappa shape index (κ3) is 9.79. The Morgan fingerprint density at radius 3 is 1.46 bits per heavy atom. The van der Waals surface area contributed by atoms with Gasteiger partial charge in [-0.3, -0.25) is 4.55 Å². The summed E-state index contributed by atoms with van der Waals surface area (Å²) in [5.41, 5.74) is -5.53. The van der Waals surface area contributed by atoms with Gasteiger partial charge in [0.15, 0.2) is 9.04 Å². The van der Waals surface area contributed by atoms with Crippen molar-refractivity contribution < 1.29 is 30.6 Å². The summed E-state index contributed by atoms with van der Waals surface area (Å²) in [6, 6.07) is 0. The molecule has 0 amide bonds. The van der Waals surface area contributed by atoms with E-state index in [2.05, 4.69) is 13.1 Å². The lowest BCUT2D eigenvalue weighted by Crippen LogP contribution is -2.21. The lowest BCUT2D eigenvalue weighted by atomic mass is 11.6. The van der Waals surface area contributed by atoms with Crippen molar-refractivity contribution in [3.8, 4) is 0 Å². The van der Waals surface area contributed by atoms with Crippen LogP contribution < -0.4 is 0 Å². The molecule has 0 spiro atoms. The molecular weight excluding hydrogens is 229 g/mol. The van der Waals surface area contributed by atoms with E-state index in [4.69, 9.17) is 17.4 Å². The van der Waals surface area contributed by atoms with Crippen LogP contribution >= 0.6 is 0 Å². The van der Waals surface area contributed by atoms with Gasteiger partial charge in [-0.1, -0.05) is 0 Å². The van der Waals surface area contributed by atoms with Gasteiger partial charge in [0.25, 0.3) is 0 Å². The third-order valence-electron chi connectivity index (χ3n) is 0.764. The highest BCUT2D eigenvalue weighted by Crippen LogP contribution is 2.20. The second-order valence-corrected chi connectivity index (χ2v) is 6.19. The molecule has 0 fully saturated rings. The fourth-order valence-corrected chi connectivity index (χ4v) is 0. The van der Waals surface area contributed by atoms with Gasteiger partial charge in [-0.25, -0.2) is 0 Å². The van der Waals surface area contributed by atoms with Crippen LogP contribution in [0.15, 0.2) is 0 Å². The van der Waals surface area contributed by atoms with Crippen molar-refractivity contribution in [2.45, 2.75) is 18.6 Å². The molecule has 0 radical (unpaired) electrons. The van der Waals surface area contributed by atoms with Gasteiger partial charge in [-0.05, 0) is 13.1 Å². The number of hydrogen-bond acceptors (Lipinski definition) is 3. The second-order valence-electron chi connectivity index (χ2n) is 2.21. The van der Waals surface area contributed by atoms with Gasteiger partial charge in [-0.15, -0.1) is 0 Å². The Balaban J connectivity index is 0. The highest BCUT2D eigenvalue weighted by Gasteiger charge is 2.44. The molecule has 0 unspecified atom stereocenters. The highest BCUT2D eigenvalue weighted by atomic mass is 32.2. The van der Waals surface area contributed by atoms with Crippen LogP contribution in [0.5, 0.6) is 0 Å². The van der Waals surface area contributed by atoms with E-state index in [0.717, 1.165) is 0 Å². The normalized spacial score (nSPS) is 12.3. The highest BCUT2D eigenvalue weighted by molar-refractivity contribution is 7.86. The molecule has 0 aliphatic rings. The lowest BCUT2D eigenvalue weighted by molar-refractivity contribution is -0.0510. The van der Waals surface area contributed by atoms with Crippen LogP contribution in [0, 0.1) is 0 Å². The molecule has 0 saturated heterocycles. The predicted octanol–water partition coefficient (Wildman–Crippen LogP) is 1.01. The molecule has 0 aromatic heterocycles. The molecule has 0 heterocycles.